The average molecular weight is 297 g/mol. The smallest absolute Gasteiger partial charge is 0.00719 e. The first-order chi connectivity index (χ1) is 8.41. The highest BCUT2D eigenvalue weighted by Crippen LogP contribution is 2.00. The summed E-state index contributed by atoms with van der Waals surface area (Å²) in [5.74, 6) is 0. The summed E-state index contributed by atoms with van der Waals surface area (Å²) in [6.07, 6.45) is 21.4. The first-order valence-corrected chi connectivity index (χ1v) is 7.79. The maximum absolute atomic E-state index is 3.38. The molecule has 0 aliphatic carbocycles. The Balaban J connectivity index is 3.38. The quantitative estimate of drug-likeness (QED) is 0.202. The van der Waals surface area contributed by atoms with Gasteiger partial charge in [0.15, 0.2) is 0 Å². The Kier molecular flexibility index (Phi) is 15.0. The predicted molar refractivity (Wildman–Crippen MR) is 82.7 cm³/mol. The average Bonchev–Trinajstić information content (AvgIpc) is 2.35. The molecule has 0 aliphatic heterocycles. The molecule has 0 spiro atoms. The van der Waals surface area contributed by atoms with E-state index >= 15 is 0 Å². The number of hydrogen-bond donors (Lipinski definition) is 0. The molecule has 0 aliphatic rings. The highest BCUT2D eigenvalue weighted by molar-refractivity contribution is 9.09. The van der Waals surface area contributed by atoms with Gasteiger partial charge in [-0.1, -0.05) is 60.0 Å². The molecule has 0 radical (unpaired) electrons. The van der Waals surface area contributed by atoms with E-state index in [0.29, 0.717) is 0 Å². The van der Waals surface area contributed by atoms with E-state index in [9.17, 15) is 0 Å². The summed E-state index contributed by atoms with van der Waals surface area (Å²) in [6, 6.07) is 0. The summed E-state index contributed by atoms with van der Waals surface area (Å²) in [7, 11) is 0. The first kappa shape index (κ1) is 16.5. The lowest BCUT2D eigenvalue weighted by molar-refractivity contribution is 0.728. The van der Waals surface area contributed by atoms with E-state index in [0.717, 1.165) is 24.6 Å². The summed E-state index contributed by atoms with van der Waals surface area (Å²) in [5.41, 5.74) is 3.16. The third-order valence-corrected chi connectivity index (χ3v) is 2.78. The van der Waals surface area contributed by atoms with E-state index in [1.807, 2.05) is 0 Å². The van der Waals surface area contributed by atoms with Crippen LogP contribution >= 0.6 is 15.9 Å². The van der Waals surface area contributed by atoms with Gasteiger partial charge in [0, 0.05) is 5.33 Å². The van der Waals surface area contributed by atoms with E-state index in [1.165, 1.54) is 25.7 Å². The molecule has 0 saturated heterocycles. The minimum atomic E-state index is 0.989. The summed E-state index contributed by atoms with van der Waals surface area (Å²) >= 11 is 3.38. The van der Waals surface area contributed by atoms with Crippen molar-refractivity contribution < 1.29 is 0 Å². The van der Waals surface area contributed by atoms with Gasteiger partial charge in [-0.3, -0.25) is 0 Å². The lowest BCUT2D eigenvalue weighted by Gasteiger charge is -1.90. The minimum absolute atomic E-state index is 0.989. The molecule has 0 N–H and O–H groups in total. The lowest BCUT2D eigenvalue weighted by Crippen LogP contribution is -1.70. The van der Waals surface area contributed by atoms with Crippen LogP contribution in [0.15, 0.2) is 42.2 Å². The molecule has 0 fully saturated rings. The molecule has 0 saturated carbocycles. The van der Waals surface area contributed by atoms with E-state index in [4.69, 9.17) is 0 Å². The Hall–Kier alpha value is -0.520. The van der Waals surface area contributed by atoms with Crippen LogP contribution in [0.3, 0.4) is 0 Å². The third kappa shape index (κ3) is 15.5. The molecule has 0 atom stereocenters. The standard InChI is InChI=1S/C16H25Br/c1-2-3-4-5-6-7-8-9-10-11-12-13-14-15-16-17/h6-7,9-10,12,14H,2-5,8,11,15-16H2,1H3. The molecular weight excluding hydrogens is 272 g/mol. The zero-order valence-electron chi connectivity index (χ0n) is 11.0. The Morgan fingerprint density at radius 1 is 0.882 bits per heavy atom. The fourth-order valence-electron chi connectivity index (χ4n) is 1.35. The van der Waals surface area contributed by atoms with Crippen molar-refractivity contribution in [2.24, 2.45) is 0 Å². The van der Waals surface area contributed by atoms with Gasteiger partial charge in [-0.05, 0) is 44.3 Å². The van der Waals surface area contributed by atoms with Gasteiger partial charge < -0.3 is 0 Å². The van der Waals surface area contributed by atoms with Gasteiger partial charge in [0.1, 0.15) is 0 Å². The molecule has 0 heterocycles. The summed E-state index contributed by atoms with van der Waals surface area (Å²) in [5, 5.41) is 1.02. The Morgan fingerprint density at radius 3 is 2.41 bits per heavy atom. The van der Waals surface area contributed by atoms with Crippen molar-refractivity contribution in [3.8, 4) is 0 Å². The van der Waals surface area contributed by atoms with Crippen LogP contribution < -0.4 is 0 Å². The van der Waals surface area contributed by atoms with Gasteiger partial charge >= 0.3 is 0 Å². The van der Waals surface area contributed by atoms with Crippen molar-refractivity contribution in [2.75, 3.05) is 5.33 Å². The zero-order chi connectivity index (χ0) is 12.6. The van der Waals surface area contributed by atoms with E-state index in [1.54, 1.807) is 0 Å². The number of hydrogen-bond acceptors (Lipinski definition) is 0. The SMILES string of the molecule is CCCCCC=CCC=CCC=C=CCCBr. The second kappa shape index (κ2) is 15.5. The molecule has 1 heteroatoms. The molecule has 0 aromatic carbocycles. The van der Waals surface area contributed by atoms with Crippen molar-refractivity contribution in [1.82, 2.24) is 0 Å². The molecular formula is C16H25Br. The molecule has 0 aromatic heterocycles. The number of halogens is 1. The van der Waals surface area contributed by atoms with Crippen LogP contribution in [0.2, 0.25) is 0 Å². The molecule has 0 amide bonds. The second-order valence-electron chi connectivity index (χ2n) is 3.96. The molecule has 0 aromatic rings. The predicted octanol–water partition coefficient (Wildman–Crippen LogP) is 5.96. The molecule has 0 rings (SSSR count). The Labute approximate surface area is 115 Å². The van der Waals surface area contributed by atoms with Gasteiger partial charge in [-0.2, -0.15) is 0 Å². The first-order valence-electron chi connectivity index (χ1n) is 6.67. The Morgan fingerprint density at radius 2 is 1.65 bits per heavy atom. The molecule has 17 heavy (non-hydrogen) atoms. The maximum atomic E-state index is 3.38. The topological polar surface area (TPSA) is 0 Å². The third-order valence-electron chi connectivity index (χ3n) is 2.32. The van der Waals surface area contributed by atoms with Gasteiger partial charge in [0.2, 0.25) is 0 Å². The van der Waals surface area contributed by atoms with Crippen LogP contribution in [0.5, 0.6) is 0 Å². The fourth-order valence-corrected chi connectivity index (χ4v) is 1.58. The molecule has 0 unspecified atom stereocenters. The summed E-state index contributed by atoms with van der Waals surface area (Å²) < 4.78 is 0. The van der Waals surface area contributed by atoms with Crippen molar-refractivity contribution in [3.05, 3.63) is 42.2 Å². The van der Waals surface area contributed by atoms with Crippen molar-refractivity contribution >= 4 is 15.9 Å². The maximum Gasteiger partial charge on any atom is 0.00719 e. The van der Waals surface area contributed by atoms with E-state index < -0.39 is 0 Å². The normalized spacial score (nSPS) is 10.9. The van der Waals surface area contributed by atoms with E-state index in [2.05, 4.69) is 65.0 Å². The van der Waals surface area contributed by atoms with Gasteiger partial charge in [-0.15, -0.1) is 5.73 Å². The number of alkyl halides is 1. The number of allylic oxidation sites excluding steroid dienone is 5. The van der Waals surface area contributed by atoms with Crippen molar-refractivity contribution in [3.63, 3.8) is 0 Å². The molecule has 0 nitrogen and oxygen atoms in total. The monoisotopic (exact) mass is 296 g/mol. The van der Waals surface area contributed by atoms with Crippen molar-refractivity contribution in [2.45, 2.75) is 51.9 Å². The van der Waals surface area contributed by atoms with Gasteiger partial charge in [0.05, 0.1) is 0 Å². The Bertz CT molecular complexity index is 255. The van der Waals surface area contributed by atoms with Crippen LogP contribution in [-0.4, -0.2) is 5.33 Å². The summed E-state index contributed by atoms with van der Waals surface area (Å²) in [6.45, 7) is 2.24. The molecule has 0 bridgehead atoms. The largest absolute Gasteiger partial charge is 0.129 e. The van der Waals surface area contributed by atoms with Crippen molar-refractivity contribution in [1.29, 1.82) is 0 Å². The summed E-state index contributed by atoms with van der Waals surface area (Å²) in [4.78, 5) is 0. The highest BCUT2D eigenvalue weighted by Gasteiger charge is 1.80. The van der Waals surface area contributed by atoms with Crippen LogP contribution in [0.4, 0.5) is 0 Å². The van der Waals surface area contributed by atoms with Crippen LogP contribution in [-0.2, 0) is 0 Å². The number of unbranched alkanes of at least 4 members (excludes halogenated alkanes) is 3. The lowest BCUT2D eigenvalue weighted by atomic mass is 10.2. The van der Waals surface area contributed by atoms with E-state index in [-0.39, 0.29) is 0 Å². The fraction of sp³-hybridized carbons (Fsp3) is 0.562. The number of rotatable bonds is 10. The van der Waals surface area contributed by atoms with Gasteiger partial charge in [-0.25, -0.2) is 0 Å². The van der Waals surface area contributed by atoms with Crippen LogP contribution in [0, 0.1) is 0 Å². The highest BCUT2D eigenvalue weighted by atomic mass is 79.9. The zero-order valence-corrected chi connectivity index (χ0v) is 12.6. The van der Waals surface area contributed by atoms with Crippen LogP contribution in [0.25, 0.3) is 0 Å². The van der Waals surface area contributed by atoms with Crippen LogP contribution in [0.1, 0.15) is 51.9 Å². The second-order valence-corrected chi connectivity index (χ2v) is 4.76. The molecule has 96 valence electrons. The van der Waals surface area contributed by atoms with Gasteiger partial charge in [0.25, 0.3) is 0 Å². The minimum Gasteiger partial charge on any atom is -0.129 e.